The van der Waals surface area contributed by atoms with E-state index in [-0.39, 0.29) is 18.4 Å². The highest BCUT2D eigenvalue weighted by Crippen LogP contribution is 2.15. The van der Waals surface area contributed by atoms with Crippen molar-refractivity contribution in [3.05, 3.63) is 72.8 Å². The smallest absolute Gasteiger partial charge is 0.315 e. The third-order valence-electron chi connectivity index (χ3n) is 4.35. The predicted molar refractivity (Wildman–Crippen MR) is 115 cm³/mol. The molecule has 10 heteroatoms. The maximum atomic E-state index is 12.3. The van der Waals surface area contributed by atoms with Gasteiger partial charge in [-0.05, 0) is 36.8 Å². The van der Waals surface area contributed by atoms with Crippen LogP contribution < -0.4 is 21.3 Å². The number of carbonyl (C=O) groups excluding carboxylic acids is 3. The van der Waals surface area contributed by atoms with Gasteiger partial charge >= 0.3 is 6.03 Å². The summed E-state index contributed by atoms with van der Waals surface area (Å²) in [5, 5.41) is 14.6. The van der Waals surface area contributed by atoms with E-state index in [2.05, 4.69) is 31.3 Å². The van der Waals surface area contributed by atoms with Gasteiger partial charge in [0.15, 0.2) is 0 Å². The lowest BCUT2D eigenvalue weighted by molar-refractivity contribution is -0.119. The molecule has 3 aromatic rings. The van der Waals surface area contributed by atoms with Crippen molar-refractivity contribution in [2.24, 2.45) is 0 Å². The van der Waals surface area contributed by atoms with E-state index in [0.717, 1.165) is 5.56 Å². The second kappa shape index (κ2) is 10.5. The second-order valence-corrected chi connectivity index (χ2v) is 6.69. The van der Waals surface area contributed by atoms with Crippen LogP contribution in [0.25, 0.3) is 0 Å². The fourth-order valence-electron chi connectivity index (χ4n) is 2.63. The summed E-state index contributed by atoms with van der Waals surface area (Å²) in [6.45, 7) is 1.91. The highest BCUT2D eigenvalue weighted by atomic mass is 16.2. The third-order valence-corrected chi connectivity index (χ3v) is 4.35. The summed E-state index contributed by atoms with van der Waals surface area (Å²) in [5.74, 6) is -0.612. The summed E-state index contributed by atoms with van der Waals surface area (Å²) >= 11 is 0. The minimum absolute atomic E-state index is 0.172. The molecule has 0 aliphatic carbocycles. The molecular weight excluding hydrogens is 398 g/mol. The maximum absolute atomic E-state index is 12.3. The van der Waals surface area contributed by atoms with Crippen LogP contribution in [0.4, 0.5) is 16.2 Å². The van der Waals surface area contributed by atoms with Crippen LogP contribution in [0.15, 0.2) is 67.3 Å². The summed E-state index contributed by atoms with van der Waals surface area (Å²) in [6.07, 6.45) is 2.84. The molecule has 4 amide bonds. The fraction of sp³-hybridized carbons (Fsp3) is 0.190. The van der Waals surface area contributed by atoms with E-state index in [1.165, 1.54) is 17.3 Å². The number of aromatic nitrogens is 3. The number of anilines is 2. The Hall–Kier alpha value is -4.21. The Kier molecular flexibility index (Phi) is 7.30. The zero-order valence-electron chi connectivity index (χ0n) is 16.9. The normalized spacial score (nSPS) is 11.3. The van der Waals surface area contributed by atoms with Gasteiger partial charge in [-0.25, -0.2) is 14.5 Å². The van der Waals surface area contributed by atoms with Crippen LogP contribution in [0.2, 0.25) is 0 Å². The van der Waals surface area contributed by atoms with Crippen molar-refractivity contribution in [1.29, 1.82) is 0 Å². The zero-order valence-corrected chi connectivity index (χ0v) is 16.9. The van der Waals surface area contributed by atoms with Crippen LogP contribution in [-0.4, -0.2) is 39.2 Å². The molecule has 10 nitrogen and oxygen atoms in total. The first-order chi connectivity index (χ1) is 15.0. The second-order valence-electron chi connectivity index (χ2n) is 6.69. The SMILES string of the molecule is C[C@@H](C(=O)Nc1ccc(NC(=O)CNC(=O)NCc2ccccc2)cc1)n1cncn1. The molecule has 2 aromatic carbocycles. The van der Waals surface area contributed by atoms with Gasteiger partial charge in [0.25, 0.3) is 0 Å². The predicted octanol–water partition coefficient (Wildman–Crippen LogP) is 1.92. The average molecular weight is 421 g/mol. The molecular formula is C21H23N7O3. The Morgan fingerprint density at radius 1 is 0.935 bits per heavy atom. The van der Waals surface area contributed by atoms with Crippen LogP contribution in [0.5, 0.6) is 0 Å². The van der Waals surface area contributed by atoms with Crippen LogP contribution in [0.1, 0.15) is 18.5 Å². The number of hydrogen-bond donors (Lipinski definition) is 4. The van der Waals surface area contributed by atoms with Crippen LogP contribution >= 0.6 is 0 Å². The van der Waals surface area contributed by atoms with Crippen molar-refractivity contribution in [3.8, 4) is 0 Å². The first kappa shape index (κ1) is 21.5. The first-order valence-corrected chi connectivity index (χ1v) is 9.62. The Bertz CT molecular complexity index is 1010. The summed E-state index contributed by atoms with van der Waals surface area (Å²) in [7, 11) is 0. The first-order valence-electron chi connectivity index (χ1n) is 9.62. The maximum Gasteiger partial charge on any atom is 0.315 e. The molecule has 0 aliphatic heterocycles. The molecule has 4 N–H and O–H groups in total. The average Bonchev–Trinajstić information content (AvgIpc) is 3.32. The van der Waals surface area contributed by atoms with Gasteiger partial charge in [-0.15, -0.1) is 0 Å². The van der Waals surface area contributed by atoms with Gasteiger partial charge in [0, 0.05) is 17.9 Å². The van der Waals surface area contributed by atoms with Crippen molar-refractivity contribution >= 4 is 29.2 Å². The van der Waals surface area contributed by atoms with Crippen molar-refractivity contribution in [2.75, 3.05) is 17.2 Å². The highest BCUT2D eigenvalue weighted by Gasteiger charge is 2.15. The fourth-order valence-corrected chi connectivity index (χ4v) is 2.63. The van der Waals surface area contributed by atoms with E-state index in [4.69, 9.17) is 0 Å². The summed E-state index contributed by atoms with van der Waals surface area (Å²) in [5.41, 5.74) is 2.08. The van der Waals surface area contributed by atoms with Gasteiger partial charge in [-0.2, -0.15) is 5.10 Å². The van der Waals surface area contributed by atoms with Gasteiger partial charge in [0.1, 0.15) is 18.7 Å². The molecule has 0 radical (unpaired) electrons. The number of nitrogens with zero attached hydrogens (tertiary/aromatic N) is 3. The number of urea groups is 1. The Morgan fingerprint density at radius 2 is 1.61 bits per heavy atom. The summed E-state index contributed by atoms with van der Waals surface area (Å²) in [4.78, 5) is 39.9. The largest absolute Gasteiger partial charge is 0.334 e. The molecule has 0 saturated heterocycles. The van der Waals surface area contributed by atoms with Gasteiger partial charge in [0.2, 0.25) is 11.8 Å². The van der Waals surface area contributed by atoms with Crippen molar-refractivity contribution in [1.82, 2.24) is 25.4 Å². The Labute approximate surface area is 179 Å². The minimum atomic E-state index is -0.513. The molecule has 1 heterocycles. The lowest BCUT2D eigenvalue weighted by Gasteiger charge is -2.12. The van der Waals surface area contributed by atoms with Crippen molar-refractivity contribution in [2.45, 2.75) is 19.5 Å². The number of nitrogens with one attached hydrogen (secondary N) is 4. The van der Waals surface area contributed by atoms with Gasteiger partial charge in [0.05, 0.1) is 6.54 Å². The molecule has 0 saturated carbocycles. The quantitative estimate of drug-likeness (QED) is 0.441. The van der Waals surface area contributed by atoms with Crippen LogP contribution in [-0.2, 0) is 16.1 Å². The van der Waals surface area contributed by atoms with E-state index in [0.29, 0.717) is 17.9 Å². The highest BCUT2D eigenvalue weighted by molar-refractivity contribution is 5.95. The number of carbonyl (C=O) groups is 3. The standard InChI is InChI=1S/C21H23N7O3/c1-15(28-14-22-13-25-28)20(30)27-18-9-7-17(8-10-18)26-19(29)12-24-21(31)23-11-16-5-3-2-4-6-16/h2-10,13-15H,11-12H2,1H3,(H,26,29)(H,27,30)(H2,23,24,31)/t15-/m0/s1. The summed E-state index contributed by atoms with van der Waals surface area (Å²) < 4.78 is 1.45. The number of amides is 4. The molecule has 160 valence electrons. The lowest BCUT2D eigenvalue weighted by Crippen LogP contribution is -2.39. The molecule has 1 aromatic heterocycles. The summed E-state index contributed by atoms with van der Waals surface area (Å²) in [6, 6.07) is 15.2. The third kappa shape index (κ3) is 6.67. The van der Waals surface area contributed by atoms with Gasteiger partial charge in [-0.3, -0.25) is 9.59 Å². The molecule has 0 fully saturated rings. The monoisotopic (exact) mass is 421 g/mol. The minimum Gasteiger partial charge on any atom is -0.334 e. The number of rotatable bonds is 8. The topological polar surface area (TPSA) is 130 Å². The van der Waals surface area contributed by atoms with E-state index in [9.17, 15) is 14.4 Å². The molecule has 0 unspecified atom stereocenters. The number of hydrogen-bond acceptors (Lipinski definition) is 5. The van der Waals surface area contributed by atoms with Crippen LogP contribution in [0.3, 0.4) is 0 Å². The molecule has 1 atom stereocenters. The molecule has 0 spiro atoms. The van der Waals surface area contributed by atoms with Crippen LogP contribution in [0, 0.1) is 0 Å². The van der Waals surface area contributed by atoms with Gasteiger partial charge in [-0.1, -0.05) is 30.3 Å². The molecule has 3 rings (SSSR count). The zero-order chi connectivity index (χ0) is 22.1. The van der Waals surface area contributed by atoms with E-state index < -0.39 is 12.1 Å². The molecule has 31 heavy (non-hydrogen) atoms. The number of benzene rings is 2. The van der Waals surface area contributed by atoms with Gasteiger partial charge < -0.3 is 21.3 Å². The lowest BCUT2D eigenvalue weighted by atomic mass is 10.2. The molecule has 0 aliphatic rings. The Balaban J connectivity index is 1.40. The molecule has 0 bridgehead atoms. The van der Waals surface area contributed by atoms with E-state index in [1.807, 2.05) is 30.3 Å². The van der Waals surface area contributed by atoms with E-state index in [1.54, 1.807) is 31.2 Å². The van der Waals surface area contributed by atoms with E-state index >= 15 is 0 Å². The Morgan fingerprint density at radius 3 is 2.26 bits per heavy atom. The van der Waals surface area contributed by atoms with Crippen molar-refractivity contribution in [3.63, 3.8) is 0 Å². The van der Waals surface area contributed by atoms with Crippen molar-refractivity contribution < 1.29 is 14.4 Å².